The molecule has 0 saturated heterocycles. The van der Waals surface area contributed by atoms with Crippen molar-refractivity contribution in [2.75, 3.05) is 0 Å². The van der Waals surface area contributed by atoms with Crippen molar-refractivity contribution in [3.05, 3.63) is 0 Å². The van der Waals surface area contributed by atoms with Crippen LogP contribution in [-0.4, -0.2) is 39.2 Å². The molecule has 0 bridgehead atoms. The number of hydrogen-bond donors (Lipinski definition) is 0. The van der Waals surface area contributed by atoms with E-state index in [2.05, 4.69) is 0 Å². The SMILES string of the molecule is CC(=O)[O-].O=C([O-])[CH2][Zn].[Pb+2]. The number of rotatable bonds is 1. The van der Waals surface area contributed by atoms with Gasteiger partial charge in [0.2, 0.25) is 0 Å². The van der Waals surface area contributed by atoms with Gasteiger partial charge in [-0.05, 0) is 6.92 Å². The Morgan fingerprint density at radius 3 is 1.50 bits per heavy atom. The van der Waals surface area contributed by atoms with Crippen LogP contribution in [-0.2, 0) is 27.9 Å². The van der Waals surface area contributed by atoms with Crippen molar-refractivity contribution in [3.8, 4) is 0 Å². The normalized spacial score (nSPS) is 6.30. The van der Waals surface area contributed by atoms with E-state index in [1.54, 1.807) is 0 Å². The minimum Gasteiger partial charge on any atom is 2.00 e. The zero-order chi connectivity index (χ0) is 7.86. The standard InChI is InChI=1S/C2H4O2.C2H3O2.Pb.Zn/c2*1-2(3)4;;/h1H3,(H,3,4);1H2,(H,3,4);;/q;;+2;/p-2. The Kier molecular flexibility index (Phi) is 20.5. The molecular formula is C4H5O4PbZn. The molecule has 0 fully saturated rings. The van der Waals surface area contributed by atoms with E-state index in [0.717, 1.165) is 25.2 Å². The fourth-order valence-electron chi connectivity index (χ4n) is 0. The second kappa shape index (κ2) is 12.2. The van der Waals surface area contributed by atoms with E-state index < -0.39 is 11.9 Å². The van der Waals surface area contributed by atoms with Crippen LogP contribution in [0.2, 0.25) is 5.02 Å². The van der Waals surface area contributed by atoms with Gasteiger partial charge in [-0.2, -0.15) is 0 Å². The molecule has 0 rings (SSSR count). The smallest absolute Gasteiger partial charge is 2.00 e. The van der Waals surface area contributed by atoms with Crippen molar-refractivity contribution in [2.45, 2.75) is 11.9 Å². The summed E-state index contributed by atoms with van der Waals surface area (Å²) in [6, 6.07) is 0. The third kappa shape index (κ3) is 77.0. The molecule has 10 heavy (non-hydrogen) atoms. The van der Waals surface area contributed by atoms with Crippen LogP contribution in [0.15, 0.2) is 0 Å². The summed E-state index contributed by atoms with van der Waals surface area (Å²) in [6.45, 7) is 0.972. The first-order valence-electron chi connectivity index (χ1n) is 2.17. The van der Waals surface area contributed by atoms with E-state index in [1.807, 2.05) is 0 Å². The van der Waals surface area contributed by atoms with E-state index in [-0.39, 0.29) is 32.3 Å². The van der Waals surface area contributed by atoms with Crippen molar-refractivity contribution >= 4 is 39.2 Å². The molecule has 0 aromatic heterocycles. The fourth-order valence-corrected chi connectivity index (χ4v) is 0. The van der Waals surface area contributed by atoms with E-state index in [4.69, 9.17) is 9.90 Å². The second-order valence-electron chi connectivity index (χ2n) is 1.11. The number of carboxylic acid groups (broad SMARTS) is 2. The van der Waals surface area contributed by atoms with Gasteiger partial charge in [-0.25, -0.2) is 0 Å². The monoisotopic (exact) mass is 389 g/mol. The molecule has 0 aliphatic carbocycles. The van der Waals surface area contributed by atoms with Crippen LogP contribution in [0, 0.1) is 0 Å². The van der Waals surface area contributed by atoms with Crippen molar-refractivity contribution in [3.63, 3.8) is 0 Å². The van der Waals surface area contributed by atoms with Gasteiger partial charge in [0.05, 0.1) is 0 Å². The molecule has 0 aromatic rings. The molecule has 0 spiro atoms. The number of carbonyl (C=O) groups excluding carboxylic acids is 2. The Hall–Kier alpha value is 0.485. The molecule has 0 N–H and O–H groups in total. The van der Waals surface area contributed by atoms with Gasteiger partial charge in [-0.15, -0.1) is 0 Å². The Labute approximate surface area is 88.8 Å². The largest absolute Gasteiger partial charge is 2.00 e. The zero-order valence-electron chi connectivity index (χ0n) is 5.55. The summed E-state index contributed by atoms with van der Waals surface area (Å²) in [4.78, 5) is 18.2. The maximum atomic E-state index is 9.29. The Balaban J connectivity index is -0.0000000910. The maximum absolute atomic E-state index is 9.29. The average Bonchev–Trinajstić information content (AvgIpc) is 1.65. The Bertz CT molecular complexity index is 101. The van der Waals surface area contributed by atoms with Gasteiger partial charge >= 0.3 is 66.5 Å². The molecule has 0 unspecified atom stereocenters. The van der Waals surface area contributed by atoms with Crippen LogP contribution in [0.5, 0.6) is 0 Å². The van der Waals surface area contributed by atoms with Gasteiger partial charge in [0.1, 0.15) is 0 Å². The van der Waals surface area contributed by atoms with E-state index in [9.17, 15) is 9.90 Å². The molecule has 0 atom stereocenters. The van der Waals surface area contributed by atoms with Crippen molar-refractivity contribution in [1.29, 1.82) is 0 Å². The average molecular weight is 390 g/mol. The van der Waals surface area contributed by atoms with Crippen LogP contribution in [0.3, 0.4) is 0 Å². The van der Waals surface area contributed by atoms with Crippen LogP contribution < -0.4 is 10.2 Å². The first kappa shape index (κ1) is 16.8. The predicted octanol–water partition coefficient (Wildman–Crippen LogP) is -2.92. The van der Waals surface area contributed by atoms with Gasteiger partial charge in [0.15, 0.2) is 0 Å². The Morgan fingerprint density at radius 2 is 1.50 bits per heavy atom. The molecule has 4 nitrogen and oxygen atoms in total. The quantitative estimate of drug-likeness (QED) is 0.450. The Morgan fingerprint density at radius 1 is 1.40 bits per heavy atom. The van der Waals surface area contributed by atoms with Gasteiger partial charge in [0.25, 0.3) is 0 Å². The fraction of sp³-hybridized carbons (Fsp3) is 0.500. The summed E-state index contributed by atoms with van der Waals surface area (Å²) in [7, 11) is 0. The summed E-state index contributed by atoms with van der Waals surface area (Å²) in [6.07, 6.45) is 0. The zero-order valence-corrected chi connectivity index (χ0v) is 12.4. The van der Waals surface area contributed by atoms with Crippen LogP contribution in [0.4, 0.5) is 0 Å². The predicted molar refractivity (Wildman–Crippen MR) is 26.2 cm³/mol. The second-order valence-corrected chi connectivity index (χ2v) is 2.16. The topological polar surface area (TPSA) is 80.3 Å². The first-order valence-corrected chi connectivity index (χ1v) is 4.27. The number of carboxylic acids is 2. The van der Waals surface area contributed by atoms with E-state index >= 15 is 0 Å². The molecule has 0 aliphatic rings. The molecule has 0 aliphatic heterocycles. The summed E-state index contributed by atoms with van der Waals surface area (Å²) in [5.74, 6) is -2.02. The van der Waals surface area contributed by atoms with E-state index in [1.165, 1.54) is 0 Å². The first-order chi connectivity index (χ1) is 4.00. The molecular weight excluding hydrogens is 385 g/mol. The molecule has 0 amide bonds. The summed E-state index contributed by atoms with van der Waals surface area (Å²) >= 11 is 0.794. The molecule has 0 heterocycles. The molecule has 2 radical (unpaired) electrons. The summed E-state index contributed by atoms with van der Waals surface area (Å²) in [5, 5.41) is 18.4. The maximum Gasteiger partial charge on any atom is 2.00 e. The minimum absolute atomic E-state index is 0. The van der Waals surface area contributed by atoms with Crippen molar-refractivity contribution in [2.24, 2.45) is 0 Å². The van der Waals surface area contributed by atoms with Crippen LogP contribution in [0.25, 0.3) is 0 Å². The van der Waals surface area contributed by atoms with Gasteiger partial charge in [0, 0.05) is 5.97 Å². The van der Waals surface area contributed by atoms with Crippen molar-refractivity contribution < 1.29 is 38.1 Å². The third-order valence-electron chi connectivity index (χ3n) is 0.204. The number of aliphatic carboxylic acids is 2. The van der Waals surface area contributed by atoms with Crippen LogP contribution >= 0.6 is 0 Å². The summed E-state index contributed by atoms with van der Waals surface area (Å²) in [5.41, 5.74) is 0. The van der Waals surface area contributed by atoms with Gasteiger partial charge < -0.3 is 9.90 Å². The minimum atomic E-state index is -1.08. The van der Waals surface area contributed by atoms with Gasteiger partial charge in [-0.3, -0.25) is 0 Å². The summed E-state index contributed by atoms with van der Waals surface area (Å²) < 4.78 is 0. The molecule has 0 saturated carbocycles. The third-order valence-corrected chi connectivity index (χ3v) is 1.06. The molecule has 6 heteroatoms. The van der Waals surface area contributed by atoms with Gasteiger partial charge in [-0.1, -0.05) is 0 Å². The number of carbonyl (C=O) groups is 2. The van der Waals surface area contributed by atoms with E-state index in [0.29, 0.717) is 0 Å². The van der Waals surface area contributed by atoms with Crippen molar-refractivity contribution in [1.82, 2.24) is 0 Å². The molecule has 0 aromatic carbocycles. The molecule has 51 valence electrons. The van der Waals surface area contributed by atoms with Crippen LogP contribution in [0.1, 0.15) is 6.92 Å². The number of hydrogen-bond acceptors (Lipinski definition) is 4.